The lowest BCUT2D eigenvalue weighted by molar-refractivity contribution is 0.0996. The summed E-state index contributed by atoms with van der Waals surface area (Å²) < 4.78 is 0.678. The summed E-state index contributed by atoms with van der Waals surface area (Å²) in [6, 6.07) is 3.39. The fourth-order valence-corrected chi connectivity index (χ4v) is 1.19. The van der Waals surface area contributed by atoms with Crippen LogP contribution in [0.2, 0.25) is 0 Å². The van der Waals surface area contributed by atoms with Gasteiger partial charge in [-0.2, -0.15) is 0 Å². The molecule has 1 aromatic heterocycles. The number of hydrogen-bond donors (Lipinski definition) is 0. The van der Waals surface area contributed by atoms with Gasteiger partial charge in [0.15, 0.2) is 5.78 Å². The van der Waals surface area contributed by atoms with Crippen molar-refractivity contribution in [2.75, 3.05) is 0 Å². The maximum absolute atomic E-state index is 11.3. The Balaban J connectivity index is 2.87. The minimum Gasteiger partial charge on any atom is -0.294 e. The van der Waals surface area contributed by atoms with Crippen molar-refractivity contribution < 1.29 is 4.79 Å². The molecule has 12 heavy (non-hydrogen) atoms. The van der Waals surface area contributed by atoms with Gasteiger partial charge in [0.2, 0.25) is 0 Å². The molecule has 0 saturated heterocycles. The van der Waals surface area contributed by atoms with Crippen LogP contribution in [0, 0.1) is 0 Å². The number of ketones is 1. The van der Waals surface area contributed by atoms with E-state index in [9.17, 15) is 4.79 Å². The van der Waals surface area contributed by atoms with E-state index in [0.29, 0.717) is 16.6 Å². The molecule has 0 fully saturated rings. The second kappa shape index (κ2) is 4.16. The highest BCUT2D eigenvalue weighted by Crippen LogP contribution is 2.09. The normalized spacial score (nSPS) is 9.42. The zero-order valence-corrected chi connectivity index (χ0v) is 8.04. The largest absolute Gasteiger partial charge is 0.294 e. The van der Waals surface area contributed by atoms with Crippen LogP contribution in [0.3, 0.4) is 0 Å². The Bertz CT molecular complexity index is 309. The van der Waals surface area contributed by atoms with E-state index in [0.717, 1.165) is 0 Å². The molecule has 1 aromatic rings. The quantitative estimate of drug-likeness (QED) is 0.450. The SMILES string of the molecule is C=CCC(=O)c1ccnc(Br)c1. The Hall–Kier alpha value is -0.960. The molecule has 0 N–H and O–H groups in total. The Morgan fingerprint density at radius 1 is 1.75 bits per heavy atom. The van der Waals surface area contributed by atoms with Crippen LogP contribution in [0.15, 0.2) is 35.6 Å². The molecule has 0 radical (unpaired) electrons. The average molecular weight is 226 g/mol. The zero-order chi connectivity index (χ0) is 8.97. The van der Waals surface area contributed by atoms with E-state index in [1.165, 1.54) is 0 Å². The second-order valence-electron chi connectivity index (χ2n) is 2.28. The summed E-state index contributed by atoms with van der Waals surface area (Å²) in [5.74, 6) is 0.0631. The summed E-state index contributed by atoms with van der Waals surface area (Å²) in [6.45, 7) is 3.50. The first-order chi connectivity index (χ1) is 5.74. The summed E-state index contributed by atoms with van der Waals surface area (Å²) >= 11 is 3.19. The average Bonchev–Trinajstić information content (AvgIpc) is 2.05. The van der Waals surface area contributed by atoms with Gasteiger partial charge in [-0.1, -0.05) is 6.08 Å². The Kier molecular flexibility index (Phi) is 3.17. The van der Waals surface area contributed by atoms with Crippen molar-refractivity contribution in [1.29, 1.82) is 0 Å². The standard InChI is InChI=1S/C9H8BrNO/c1-2-3-8(12)7-4-5-11-9(10)6-7/h2,4-6H,1,3H2. The van der Waals surface area contributed by atoms with Gasteiger partial charge in [0.05, 0.1) is 0 Å². The molecule has 62 valence electrons. The molecule has 3 heteroatoms. The number of carbonyl (C=O) groups is 1. The van der Waals surface area contributed by atoms with Crippen molar-refractivity contribution in [1.82, 2.24) is 4.98 Å². The van der Waals surface area contributed by atoms with Crippen molar-refractivity contribution in [3.05, 3.63) is 41.2 Å². The summed E-state index contributed by atoms with van der Waals surface area (Å²) in [7, 11) is 0. The van der Waals surface area contributed by atoms with Gasteiger partial charge >= 0.3 is 0 Å². The van der Waals surface area contributed by atoms with Crippen molar-refractivity contribution in [3.63, 3.8) is 0 Å². The van der Waals surface area contributed by atoms with E-state index in [1.54, 1.807) is 24.4 Å². The molecule has 0 aliphatic heterocycles. The van der Waals surface area contributed by atoms with Gasteiger partial charge < -0.3 is 0 Å². The van der Waals surface area contributed by atoms with E-state index < -0.39 is 0 Å². The van der Waals surface area contributed by atoms with E-state index in [1.807, 2.05) is 0 Å². The summed E-state index contributed by atoms with van der Waals surface area (Å²) in [5, 5.41) is 0. The Labute approximate surface area is 79.5 Å². The van der Waals surface area contributed by atoms with Gasteiger partial charge in [-0.25, -0.2) is 4.98 Å². The number of halogens is 1. The molecule has 0 unspecified atom stereocenters. The van der Waals surface area contributed by atoms with Crippen LogP contribution in [0.1, 0.15) is 16.8 Å². The molecule has 0 aliphatic carbocycles. The molecule has 0 amide bonds. The van der Waals surface area contributed by atoms with Crippen LogP contribution in [0.4, 0.5) is 0 Å². The molecule has 2 nitrogen and oxygen atoms in total. The van der Waals surface area contributed by atoms with Gasteiger partial charge in [0.25, 0.3) is 0 Å². The van der Waals surface area contributed by atoms with E-state index in [4.69, 9.17) is 0 Å². The fraction of sp³-hybridized carbons (Fsp3) is 0.111. The number of aromatic nitrogens is 1. The number of carbonyl (C=O) groups excluding carboxylic acids is 1. The lowest BCUT2D eigenvalue weighted by Crippen LogP contribution is -1.96. The van der Waals surface area contributed by atoms with Crippen molar-refractivity contribution in [2.24, 2.45) is 0 Å². The van der Waals surface area contributed by atoms with Crippen LogP contribution >= 0.6 is 15.9 Å². The first-order valence-corrected chi connectivity index (χ1v) is 4.29. The number of hydrogen-bond acceptors (Lipinski definition) is 2. The number of allylic oxidation sites excluding steroid dienone is 1. The van der Waals surface area contributed by atoms with Crippen molar-refractivity contribution in [2.45, 2.75) is 6.42 Å². The molecular formula is C9H8BrNO. The van der Waals surface area contributed by atoms with E-state index in [2.05, 4.69) is 27.5 Å². The Morgan fingerprint density at radius 3 is 3.08 bits per heavy atom. The highest BCUT2D eigenvalue weighted by atomic mass is 79.9. The third-order valence-electron chi connectivity index (χ3n) is 1.38. The van der Waals surface area contributed by atoms with Crippen LogP contribution < -0.4 is 0 Å². The lowest BCUT2D eigenvalue weighted by Gasteiger charge is -1.96. The number of rotatable bonds is 3. The number of pyridine rings is 1. The van der Waals surface area contributed by atoms with Crippen molar-refractivity contribution >= 4 is 21.7 Å². The fourth-order valence-electron chi connectivity index (χ4n) is 0.825. The second-order valence-corrected chi connectivity index (χ2v) is 3.10. The van der Waals surface area contributed by atoms with Crippen molar-refractivity contribution in [3.8, 4) is 0 Å². The molecular weight excluding hydrogens is 218 g/mol. The number of Topliss-reactive ketones (excluding diaryl/α,β-unsaturated/α-hetero) is 1. The smallest absolute Gasteiger partial charge is 0.166 e. The third-order valence-corrected chi connectivity index (χ3v) is 1.81. The minimum absolute atomic E-state index is 0.0631. The first-order valence-electron chi connectivity index (χ1n) is 3.49. The highest BCUT2D eigenvalue weighted by molar-refractivity contribution is 9.10. The van der Waals surface area contributed by atoms with E-state index in [-0.39, 0.29) is 5.78 Å². The van der Waals surface area contributed by atoms with Gasteiger partial charge in [-0.15, -0.1) is 6.58 Å². The predicted octanol–water partition coefficient (Wildman–Crippen LogP) is 2.60. The van der Waals surface area contributed by atoms with Gasteiger partial charge in [0, 0.05) is 18.2 Å². The molecule has 0 bridgehead atoms. The van der Waals surface area contributed by atoms with Gasteiger partial charge in [0.1, 0.15) is 4.60 Å². The molecule has 0 saturated carbocycles. The third kappa shape index (κ3) is 2.27. The minimum atomic E-state index is 0.0631. The van der Waals surface area contributed by atoms with Crippen LogP contribution in [0.25, 0.3) is 0 Å². The van der Waals surface area contributed by atoms with Gasteiger partial charge in [-0.05, 0) is 28.1 Å². The topological polar surface area (TPSA) is 30.0 Å². The lowest BCUT2D eigenvalue weighted by atomic mass is 10.1. The van der Waals surface area contributed by atoms with Crippen LogP contribution in [-0.4, -0.2) is 10.8 Å². The molecule has 0 aliphatic rings. The molecule has 0 aromatic carbocycles. The maximum atomic E-state index is 11.3. The van der Waals surface area contributed by atoms with Gasteiger partial charge in [-0.3, -0.25) is 4.79 Å². The van der Waals surface area contributed by atoms with Crippen LogP contribution in [-0.2, 0) is 0 Å². The molecule has 1 heterocycles. The maximum Gasteiger partial charge on any atom is 0.166 e. The Morgan fingerprint density at radius 2 is 2.50 bits per heavy atom. The van der Waals surface area contributed by atoms with Crippen LogP contribution in [0.5, 0.6) is 0 Å². The molecule has 0 spiro atoms. The summed E-state index contributed by atoms with van der Waals surface area (Å²) in [6.07, 6.45) is 3.56. The molecule has 0 atom stereocenters. The molecule has 1 rings (SSSR count). The highest BCUT2D eigenvalue weighted by Gasteiger charge is 2.02. The summed E-state index contributed by atoms with van der Waals surface area (Å²) in [4.78, 5) is 15.2. The zero-order valence-electron chi connectivity index (χ0n) is 6.46. The first kappa shape index (κ1) is 9.13. The monoisotopic (exact) mass is 225 g/mol. The van der Waals surface area contributed by atoms with E-state index >= 15 is 0 Å². The number of nitrogens with zero attached hydrogens (tertiary/aromatic N) is 1. The predicted molar refractivity (Wildman–Crippen MR) is 51.1 cm³/mol. The summed E-state index contributed by atoms with van der Waals surface area (Å²) in [5.41, 5.74) is 0.664.